The van der Waals surface area contributed by atoms with Gasteiger partial charge in [0.05, 0.1) is 18.5 Å². The van der Waals surface area contributed by atoms with Crippen molar-refractivity contribution in [3.8, 4) is 11.4 Å². The maximum Gasteiger partial charge on any atom is 0.191 e. The summed E-state index contributed by atoms with van der Waals surface area (Å²) in [7, 11) is 3.40. The van der Waals surface area contributed by atoms with E-state index in [1.165, 1.54) is 12.1 Å². The standard InChI is InChI=1S/C21H24FN5O.HI/c1-23-21(25-15-16-3-9-20(28-2)10-4-16)24-13-11-18-12-14-27(26-18)19-7-5-17(22)6-8-19;/h3-10,12,14H,11,13,15H2,1-2H3,(H2,23,24,25);1H. The van der Waals surface area contributed by atoms with Crippen molar-refractivity contribution >= 4 is 29.9 Å². The van der Waals surface area contributed by atoms with Gasteiger partial charge in [0.1, 0.15) is 11.6 Å². The quantitative estimate of drug-likeness (QED) is 0.291. The van der Waals surface area contributed by atoms with Crippen molar-refractivity contribution in [3.63, 3.8) is 0 Å². The van der Waals surface area contributed by atoms with Crippen molar-refractivity contribution in [3.05, 3.63) is 77.9 Å². The molecule has 2 aromatic carbocycles. The average Bonchev–Trinajstić information content (AvgIpc) is 3.20. The minimum absolute atomic E-state index is 0. The predicted molar refractivity (Wildman–Crippen MR) is 124 cm³/mol. The molecule has 8 heteroatoms. The monoisotopic (exact) mass is 509 g/mol. The smallest absolute Gasteiger partial charge is 0.191 e. The Balaban J connectivity index is 0.00000300. The van der Waals surface area contributed by atoms with E-state index < -0.39 is 0 Å². The van der Waals surface area contributed by atoms with Crippen LogP contribution < -0.4 is 15.4 Å². The van der Waals surface area contributed by atoms with Crippen molar-refractivity contribution in [2.75, 3.05) is 20.7 Å². The number of ether oxygens (including phenoxy) is 1. The molecule has 1 heterocycles. The third-order valence-electron chi connectivity index (χ3n) is 4.25. The number of methoxy groups -OCH3 is 1. The minimum Gasteiger partial charge on any atom is -0.497 e. The molecule has 0 saturated heterocycles. The van der Waals surface area contributed by atoms with Crippen LogP contribution >= 0.6 is 24.0 Å². The van der Waals surface area contributed by atoms with E-state index in [0.717, 1.165) is 35.1 Å². The molecule has 2 N–H and O–H groups in total. The van der Waals surface area contributed by atoms with E-state index in [1.54, 1.807) is 31.0 Å². The lowest BCUT2D eigenvalue weighted by Gasteiger charge is -2.11. The Morgan fingerprint density at radius 2 is 1.79 bits per heavy atom. The van der Waals surface area contributed by atoms with Crippen LogP contribution in [0.15, 0.2) is 65.8 Å². The summed E-state index contributed by atoms with van der Waals surface area (Å²) in [6, 6.07) is 16.1. The molecule has 3 aromatic rings. The maximum absolute atomic E-state index is 13.0. The van der Waals surface area contributed by atoms with Crippen molar-refractivity contribution < 1.29 is 9.13 Å². The van der Waals surface area contributed by atoms with Gasteiger partial charge in [-0.1, -0.05) is 12.1 Å². The maximum atomic E-state index is 13.0. The number of halogens is 2. The number of guanidine groups is 1. The summed E-state index contributed by atoms with van der Waals surface area (Å²) in [4.78, 5) is 4.24. The van der Waals surface area contributed by atoms with E-state index in [2.05, 4.69) is 20.7 Å². The summed E-state index contributed by atoms with van der Waals surface area (Å²) in [5.74, 6) is 1.31. The summed E-state index contributed by atoms with van der Waals surface area (Å²) in [5.41, 5.74) is 2.92. The highest BCUT2D eigenvalue weighted by atomic mass is 127. The lowest BCUT2D eigenvalue weighted by molar-refractivity contribution is 0.414. The predicted octanol–water partition coefficient (Wildman–Crippen LogP) is 3.55. The van der Waals surface area contributed by atoms with E-state index in [9.17, 15) is 4.39 Å². The van der Waals surface area contributed by atoms with Gasteiger partial charge in [-0.2, -0.15) is 5.10 Å². The molecule has 154 valence electrons. The van der Waals surface area contributed by atoms with Gasteiger partial charge in [0.15, 0.2) is 5.96 Å². The zero-order chi connectivity index (χ0) is 19.8. The first-order valence-corrected chi connectivity index (χ1v) is 9.06. The van der Waals surface area contributed by atoms with Crippen LogP contribution in [0.2, 0.25) is 0 Å². The Kier molecular flexibility index (Phi) is 8.91. The van der Waals surface area contributed by atoms with Gasteiger partial charge in [0, 0.05) is 32.8 Å². The van der Waals surface area contributed by atoms with Gasteiger partial charge in [-0.05, 0) is 48.0 Å². The number of benzene rings is 2. The summed E-state index contributed by atoms with van der Waals surface area (Å²) in [5, 5.41) is 11.1. The van der Waals surface area contributed by atoms with Crippen LogP contribution in [0.1, 0.15) is 11.3 Å². The Hall–Kier alpha value is -2.62. The lowest BCUT2D eigenvalue weighted by atomic mass is 10.2. The first kappa shape index (κ1) is 22.7. The Labute approximate surface area is 187 Å². The normalized spacial score (nSPS) is 10.9. The first-order valence-electron chi connectivity index (χ1n) is 9.06. The molecule has 0 saturated carbocycles. The van der Waals surface area contributed by atoms with Gasteiger partial charge < -0.3 is 15.4 Å². The highest BCUT2D eigenvalue weighted by Gasteiger charge is 2.03. The van der Waals surface area contributed by atoms with Crippen molar-refractivity contribution in [2.24, 2.45) is 4.99 Å². The van der Waals surface area contributed by atoms with Gasteiger partial charge >= 0.3 is 0 Å². The number of rotatable bonds is 7. The fourth-order valence-electron chi connectivity index (χ4n) is 2.69. The van der Waals surface area contributed by atoms with Crippen LogP contribution in [0.4, 0.5) is 4.39 Å². The largest absolute Gasteiger partial charge is 0.497 e. The fraction of sp³-hybridized carbons (Fsp3) is 0.238. The number of nitrogens with zero attached hydrogens (tertiary/aromatic N) is 3. The molecule has 0 aliphatic heterocycles. The molecule has 0 radical (unpaired) electrons. The van der Waals surface area contributed by atoms with E-state index >= 15 is 0 Å². The molecule has 0 bridgehead atoms. The fourth-order valence-corrected chi connectivity index (χ4v) is 2.69. The summed E-state index contributed by atoms with van der Waals surface area (Å²) >= 11 is 0. The Morgan fingerprint density at radius 3 is 2.45 bits per heavy atom. The topological polar surface area (TPSA) is 63.5 Å². The summed E-state index contributed by atoms with van der Waals surface area (Å²) in [6.07, 6.45) is 2.62. The molecule has 0 aliphatic carbocycles. The van der Waals surface area contributed by atoms with E-state index in [1.807, 2.05) is 36.5 Å². The third-order valence-corrected chi connectivity index (χ3v) is 4.25. The summed E-state index contributed by atoms with van der Waals surface area (Å²) < 4.78 is 19.9. The molecule has 0 atom stereocenters. The van der Waals surface area contributed by atoms with Gasteiger partial charge in [-0.15, -0.1) is 24.0 Å². The van der Waals surface area contributed by atoms with Crippen LogP contribution in [0.25, 0.3) is 5.69 Å². The number of nitrogens with one attached hydrogen (secondary N) is 2. The molecule has 0 amide bonds. The van der Waals surface area contributed by atoms with Crippen molar-refractivity contribution in [1.82, 2.24) is 20.4 Å². The minimum atomic E-state index is -0.256. The van der Waals surface area contributed by atoms with Gasteiger partial charge in [-0.25, -0.2) is 9.07 Å². The second kappa shape index (κ2) is 11.4. The second-order valence-corrected chi connectivity index (χ2v) is 6.18. The molecular weight excluding hydrogens is 484 g/mol. The van der Waals surface area contributed by atoms with Crippen LogP contribution in [-0.2, 0) is 13.0 Å². The number of hydrogen-bond acceptors (Lipinski definition) is 3. The molecular formula is C21H25FIN5O. The molecule has 1 aromatic heterocycles. The first-order chi connectivity index (χ1) is 13.7. The zero-order valence-electron chi connectivity index (χ0n) is 16.4. The number of aromatic nitrogens is 2. The molecule has 0 aliphatic rings. The Bertz CT molecular complexity index is 910. The molecule has 0 fully saturated rings. The third kappa shape index (κ3) is 6.74. The van der Waals surface area contributed by atoms with Crippen LogP contribution in [-0.4, -0.2) is 36.4 Å². The molecule has 0 spiro atoms. The van der Waals surface area contributed by atoms with Crippen LogP contribution in [0.3, 0.4) is 0 Å². The summed E-state index contributed by atoms with van der Waals surface area (Å²) in [6.45, 7) is 1.37. The molecule has 3 rings (SSSR count). The number of aliphatic imine (C=N–C) groups is 1. The van der Waals surface area contributed by atoms with Gasteiger partial charge in [0.25, 0.3) is 0 Å². The van der Waals surface area contributed by atoms with Crippen LogP contribution in [0.5, 0.6) is 5.75 Å². The molecule has 29 heavy (non-hydrogen) atoms. The van der Waals surface area contributed by atoms with E-state index in [0.29, 0.717) is 13.1 Å². The van der Waals surface area contributed by atoms with E-state index in [4.69, 9.17) is 4.74 Å². The lowest BCUT2D eigenvalue weighted by Crippen LogP contribution is -2.37. The SMILES string of the molecule is CN=C(NCCc1ccn(-c2ccc(F)cc2)n1)NCc1ccc(OC)cc1.I. The Morgan fingerprint density at radius 1 is 1.07 bits per heavy atom. The van der Waals surface area contributed by atoms with E-state index in [-0.39, 0.29) is 29.8 Å². The van der Waals surface area contributed by atoms with Crippen molar-refractivity contribution in [2.45, 2.75) is 13.0 Å². The molecule has 6 nitrogen and oxygen atoms in total. The zero-order valence-corrected chi connectivity index (χ0v) is 18.8. The molecule has 0 unspecified atom stereocenters. The van der Waals surface area contributed by atoms with Crippen LogP contribution in [0, 0.1) is 5.82 Å². The highest BCUT2D eigenvalue weighted by molar-refractivity contribution is 14.0. The second-order valence-electron chi connectivity index (χ2n) is 6.18. The van der Waals surface area contributed by atoms with Gasteiger partial charge in [-0.3, -0.25) is 4.99 Å². The average molecular weight is 509 g/mol. The number of hydrogen-bond donors (Lipinski definition) is 2. The van der Waals surface area contributed by atoms with Crippen molar-refractivity contribution in [1.29, 1.82) is 0 Å². The highest BCUT2D eigenvalue weighted by Crippen LogP contribution is 2.11. The van der Waals surface area contributed by atoms with Gasteiger partial charge in [0.2, 0.25) is 0 Å².